The third kappa shape index (κ3) is 1.59. The predicted molar refractivity (Wildman–Crippen MR) is 53.4 cm³/mol. The molecule has 2 heterocycles. The third-order valence-corrected chi connectivity index (χ3v) is 2.77. The topological polar surface area (TPSA) is 62.7 Å². The highest BCUT2D eigenvalue weighted by Gasteiger charge is 2.20. The van der Waals surface area contributed by atoms with Gasteiger partial charge in [0.15, 0.2) is 0 Å². The molecule has 1 fully saturated rings. The average Bonchev–Trinajstić information content (AvgIpc) is 2.61. The minimum atomic E-state index is -0.0897. The van der Waals surface area contributed by atoms with E-state index in [2.05, 4.69) is 15.5 Å². The van der Waals surface area contributed by atoms with Crippen LogP contribution in [0.3, 0.4) is 0 Å². The first-order valence-corrected chi connectivity index (χ1v) is 5.18. The number of hydrogen-bond donors (Lipinski definition) is 2. The molecule has 1 aliphatic rings. The van der Waals surface area contributed by atoms with E-state index in [1.54, 1.807) is 4.57 Å². The van der Waals surface area contributed by atoms with Crippen LogP contribution in [-0.4, -0.2) is 27.9 Å². The summed E-state index contributed by atoms with van der Waals surface area (Å²) in [6, 6.07) is 0. The van der Waals surface area contributed by atoms with Crippen molar-refractivity contribution in [3.63, 3.8) is 0 Å². The zero-order chi connectivity index (χ0) is 9.97. The molecule has 0 radical (unpaired) electrons. The molecule has 0 spiro atoms. The van der Waals surface area contributed by atoms with Gasteiger partial charge in [-0.1, -0.05) is 0 Å². The number of nitrogens with one attached hydrogen (secondary N) is 2. The molecule has 5 heteroatoms. The van der Waals surface area contributed by atoms with E-state index < -0.39 is 0 Å². The van der Waals surface area contributed by atoms with Crippen LogP contribution in [0.15, 0.2) is 4.79 Å². The van der Waals surface area contributed by atoms with E-state index in [1.165, 1.54) is 0 Å². The number of aromatic nitrogens is 3. The normalized spacial score (nSPS) is 22.5. The van der Waals surface area contributed by atoms with Crippen LogP contribution in [-0.2, 0) is 6.54 Å². The minimum absolute atomic E-state index is 0.0897. The molecule has 0 amide bonds. The minimum Gasteiger partial charge on any atom is -0.316 e. The highest BCUT2D eigenvalue weighted by Crippen LogP contribution is 2.19. The second kappa shape index (κ2) is 3.96. The highest BCUT2D eigenvalue weighted by atomic mass is 16.1. The Balaban J connectivity index is 2.25. The van der Waals surface area contributed by atoms with Gasteiger partial charge in [0.2, 0.25) is 0 Å². The molecule has 14 heavy (non-hydrogen) atoms. The Morgan fingerprint density at radius 2 is 2.50 bits per heavy atom. The van der Waals surface area contributed by atoms with Gasteiger partial charge in [-0.25, -0.2) is 9.89 Å². The predicted octanol–water partition coefficient (Wildman–Crippen LogP) is 0.0583. The fourth-order valence-corrected chi connectivity index (χ4v) is 2.02. The number of H-pyrrole nitrogens is 1. The second-order valence-corrected chi connectivity index (χ2v) is 3.67. The Hall–Kier alpha value is -1.10. The third-order valence-electron chi connectivity index (χ3n) is 2.77. The molecule has 1 aromatic rings. The van der Waals surface area contributed by atoms with Crippen LogP contribution >= 0.6 is 0 Å². The number of piperidine rings is 1. The van der Waals surface area contributed by atoms with Crippen LogP contribution in [0.4, 0.5) is 0 Å². The van der Waals surface area contributed by atoms with Crippen molar-refractivity contribution in [2.45, 2.75) is 32.2 Å². The summed E-state index contributed by atoms with van der Waals surface area (Å²) in [4.78, 5) is 11.3. The number of hydrogen-bond acceptors (Lipinski definition) is 3. The summed E-state index contributed by atoms with van der Waals surface area (Å²) in [6.07, 6.45) is 2.28. The quantitative estimate of drug-likeness (QED) is 0.703. The fourth-order valence-electron chi connectivity index (χ4n) is 2.02. The van der Waals surface area contributed by atoms with Crippen LogP contribution in [0.5, 0.6) is 0 Å². The van der Waals surface area contributed by atoms with Crippen molar-refractivity contribution in [1.29, 1.82) is 0 Å². The Morgan fingerprint density at radius 3 is 3.14 bits per heavy atom. The summed E-state index contributed by atoms with van der Waals surface area (Å²) in [5, 5.41) is 9.94. The van der Waals surface area contributed by atoms with E-state index in [9.17, 15) is 4.79 Å². The van der Waals surface area contributed by atoms with Crippen molar-refractivity contribution in [3.8, 4) is 0 Å². The van der Waals surface area contributed by atoms with Gasteiger partial charge in [0.1, 0.15) is 5.82 Å². The molecule has 2 N–H and O–H groups in total. The smallest absolute Gasteiger partial charge is 0.316 e. The zero-order valence-corrected chi connectivity index (χ0v) is 8.42. The van der Waals surface area contributed by atoms with Crippen LogP contribution in [0.1, 0.15) is 31.5 Å². The largest absolute Gasteiger partial charge is 0.343 e. The molecular weight excluding hydrogens is 180 g/mol. The van der Waals surface area contributed by atoms with E-state index in [4.69, 9.17) is 0 Å². The Kier molecular flexibility index (Phi) is 2.67. The summed E-state index contributed by atoms with van der Waals surface area (Å²) in [5.41, 5.74) is -0.0897. The van der Waals surface area contributed by atoms with Gasteiger partial charge in [0, 0.05) is 19.0 Å². The SMILES string of the molecule is CCn1c([C@H]2CCCNC2)n[nH]c1=O. The Labute approximate surface area is 82.5 Å². The summed E-state index contributed by atoms with van der Waals surface area (Å²) in [7, 11) is 0. The van der Waals surface area contributed by atoms with Crippen LogP contribution < -0.4 is 11.0 Å². The monoisotopic (exact) mass is 196 g/mol. The molecule has 1 saturated heterocycles. The average molecular weight is 196 g/mol. The first-order chi connectivity index (χ1) is 6.83. The van der Waals surface area contributed by atoms with Crippen molar-refractivity contribution in [2.24, 2.45) is 0 Å². The van der Waals surface area contributed by atoms with Gasteiger partial charge in [-0.2, -0.15) is 5.10 Å². The molecule has 1 aromatic heterocycles. The van der Waals surface area contributed by atoms with Gasteiger partial charge in [0.25, 0.3) is 0 Å². The van der Waals surface area contributed by atoms with Gasteiger partial charge >= 0.3 is 5.69 Å². The van der Waals surface area contributed by atoms with Crippen LogP contribution in [0, 0.1) is 0 Å². The molecule has 0 unspecified atom stereocenters. The van der Waals surface area contributed by atoms with Crippen molar-refractivity contribution in [3.05, 3.63) is 16.3 Å². The van der Waals surface area contributed by atoms with E-state index >= 15 is 0 Å². The maximum Gasteiger partial charge on any atom is 0.343 e. The molecule has 0 bridgehead atoms. The lowest BCUT2D eigenvalue weighted by atomic mass is 9.99. The van der Waals surface area contributed by atoms with Gasteiger partial charge < -0.3 is 5.32 Å². The number of rotatable bonds is 2. The first kappa shape index (κ1) is 9.45. The molecule has 0 saturated carbocycles. The van der Waals surface area contributed by atoms with Crippen LogP contribution in [0.25, 0.3) is 0 Å². The van der Waals surface area contributed by atoms with Gasteiger partial charge in [-0.15, -0.1) is 0 Å². The molecule has 0 aromatic carbocycles. The van der Waals surface area contributed by atoms with Gasteiger partial charge in [-0.3, -0.25) is 4.57 Å². The summed E-state index contributed by atoms with van der Waals surface area (Å²) in [5.74, 6) is 1.30. The number of nitrogens with zero attached hydrogens (tertiary/aromatic N) is 2. The number of aromatic amines is 1. The standard InChI is InChI=1S/C9H16N4O/c1-2-13-8(11-12-9(13)14)7-4-3-5-10-6-7/h7,10H,2-6H2,1H3,(H,12,14)/t7-/m0/s1. The van der Waals surface area contributed by atoms with E-state index in [-0.39, 0.29) is 5.69 Å². The molecule has 1 atom stereocenters. The van der Waals surface area contributed by atoms with Crippen molar-refractivity contribution in [2.75, 3.05) is 13.1 Å². The van der Waals surface area contributed by atoms with Crippen LogP contribution in [0.2, 0.25) is 0 Å². The first-order valence-electron chi connectivity index (χ1n) is 5.18. The van der Waals surface area contributed by atoms with Gasteiger partial charge in [-0.05, 0) is 26.3 Å². The molecule has 1 aliphatic heterocycles. The van der Waals surface area contributed by atoms with E-state index in [0.717, 1.165) is 31.8 Å². The maximum absolute atomic E-state index is 11.3. The fraction of sp³-hybridized carbons (Fsp3) is 0.778. The molecule has 0 aliphatic carbocycles. The van der Waals surface area contributed by atoms with E-state index in [0.29, 0.717) is 12.5 Å². The zero-order valence-electron chi connectivity index (χ0n) is 8.42. The lowest BCUT2D eigenvalue weighted by Crippen LogP contribution is -2.31. The highest BCUT2D eigenvalue weighted by molar-refractivity contribution is 4.99. The van der Waals surface area contributed by atoms with Gasteiger partial charge in [0.05, 0.1) is 0 Å². The Morgan fingerprint density at radius 1 is 1.64 bits per heavy atom. The van der Waals surface area contributed by atoms with Crippen molar-refractivity contribution >= 4 is 0 Å². The molecule has 78 valence electrons. The van der Waals surface area contributed by atoms with Crippen molar-refractivity contribution < 1.29 is 0 Å². The van der Waals surface area contributed by atoms with E-state index in [1.807, 2.05) is 6.92 Å². The molecule has 5 nitrogen and oxygen atoms in total. The lowest BCUT2D eigenvalue weighted by molar-refractivity contribution is 0.432. The lowest BCUT2D eigenvalue weighted by Gasteiger charge is -2.21. The molecular formula is C9H16N4O. The Bertz CT molecular complexity index is 348. The molecule has 2 rings (SSSR count). The summed E-state index contributed by atoms with van der Waals surface area (Å²) in [6.45, 7) is 4.68. The second-order valence-electron chi connectivity index (χ2n) is 3.67. The summed E-state index contributed by atoms with van der Waals surface area (Å²) < 4.78 is 1.72. The maximum atomic E-state index is 11.3. The summed E-state index contributed by atoms with van der Waals surface area (Å²) >= 11 is 0. The van der Waals surface area contributed by atoms with Crippen molar-refractivity contribution in [1.82, 2.24) is 20.1 Å².